The van der Waals surface area contributed by atoms with E-state index in [9.17, 15) is 37.5 Å². The Bertz CT molecular complexity index is 2440. The fourth-order valence-electron chi connectivity index (χ4n) is 7.64. The first-order valence-corrected chi connectivity index (χ1v) is 23.6. The van der Waals surface area contributed by atoms with E-state index in [-0.39, 0.29) is 50.2 Å². The minimum Gasteiger partial charge on any atom is -0.391 e. The quantitative estimate of drug-likeness (QED) is 0.0486. The predicted octanol–water partition coefficient (Wildman–Crippen LogP) is 4.46. The van der Waals surface area contributed by atoms with E-state index in [2.05, 4.69) is 20.7 Å². The van der Waals surface area contributed by atoms with Crippen molar-refractivity contribution in [2.75, 3.05) is 6.26 Å². The molecule has 0 saturated carbocycles. The van der Waals surface area contributed by atoms with Crippen LogP contribution in [0.2, 0.25) is 0 Å². The summed E-state index contributed by atoms with van der Waals surface area (Å²) in [6.45, 7) is 3.80. The number of aliphatic hydroxyl groups excluding tert-OH is 1. The molecule has 5 aromatic rings. The summed E-state index contributed by atoms with van der Waals surface area (Å²) in [6.07, 6.45) is 0.0624. The van der Waals surface area contributed by atoms with Gasteiger partial charge in [-0.15, -0.1) is 0 Å². The molecule has 0 aliphatic rings. The van der Waals surface area contributed by atoms with Crippen molar-refractivity contribution in [2.24, 2.45) is 17.6 Å². The van der Waals surface area contributed by atoms with E-state index in [1.807, 2.05) is 111 Å². The van der Waals surface area contributed by atoms with Crippen molar-refractivity contribution in [3.63, 3.8) is 0 Å². The average molecular weight is 902 g/mol. The van der Waals surface area contributed by atoms with Gasteiger partial charge >= 0.3 is 0 Å². The average Bonchev–Trinajstić information content (AvgIpc) is 3.28. The van der Waals surface area contributed by atoms with Crippen LogP contribution in [-0.4, -0.2) is 79.5 Å². The van der Waals surface area contributed by atoms with Crippen molar-refractivity contribution >= 4 is 39.4 Å². The SMILES string of the molecule is CC(C)C[C@H](NC(=O)[C@H](Cc1ccccc1)C[C@@H](O)[C@H](Cc1ccccc1)NC(=O)[C@H](Cc1ccc(C(=O)c2ccccc2)cc1)NS(C)(=O)=O)C(=O)NC(Cc1ccccc1)C(N)=O. The highest BCUT2D eigenvalue weighted by atomic mass is 32.2. The van der Waals surface area contributed by atoms with Crippen LogP contribution < -0.4 is 26.4 Å². The number of sulfonamides is 1. The van der Waals surface area contributed by atoms with Gasteiger partial charge in [-0.2, -0.15) is 0 Å². The number of carbonyl (C=O) groups excluding carboxylic acids is 5. The van der Waals surface area contributed by atoms with Gasteiger partial charge in [-0.3, -0.25) is 24.0 Å². The van der Waals surface area contributed by atoms with Crippen molar-refractivity contribution in [1.82, 2.24) is 20.7 Å². The van der Waals surface area contributed by atoms with Crippen LogP contribution in [0.15, 0.2) is 146 Å². The molecule has 14 heteroatoms. The van der Waals surface area contributed by atoms with Gasteiger partial charge in [-0.1, -0.05) is 159 Å². The molecule has 0 spiro atoms. The molecule has 5 aromatic carbocycles. The van der Waals surface area contributed by atoms with Gasteiger partial charge < -0.3 is 26.8 Å². The number of nitrogens with two attached hydrogens (primary N) is 1. The minimum absolute atomic E-state index is 0.0426. The fraction of sp³-hybridized carbons (Fsp3) is 0.314. The van der Waals surface area contributed by atoms with Crippen LogP contribution >= 0.6 is 0 Å². The van der Waals surface area contributed by atoms with E-state index < -0.39 is 69.8 Å². The van der Waals surface area contributed by atoms with Crippen LogP contribution in [0.1, 0.15) is 64.9 Å². The number of primary amides is 1. The monoisotopic (exact) mass is 901 g/mol. The Labute approximate surface area is 381 Å². The van der Waals surface area contributed by atoms with Crippen LogP contribution in [0.25, 0.3) is 0 Å². The Morgan fingerprint density at radius 1 is 0.523 bits per heavy atom. The van der Waals surface area contributed by atoms with Gasteiger partial charge in [-0.05, 0) is 60.3 Å². The number of nitrogens with one attached hydrogen (secondary N) is 4. The summed E-state index contributed by atoms with van der Waals surface area (Å²) in [4.78, 5) is 68.0. The lowest BCUT2D eigenvalue weighted by atomic mass is 9.88. The Kier molecular flexibility index (Phi) is 18.3. The van der Waals surface area contributed by atoms with E-state index in [1.165, 1.54) is 0 Å². The van der Waals surface area contributed by atoms with Gasteiger partial charge in [-0.25, -0.2) is 13.1 Å². The maximum Gasteiger partial charge on any atom is 0.243 e. The summed E-state index contributed by atoms with van der Waals surface area (Å²) in [7, 11) is -3.92. The summed E-state index contributed by atoms with van der Waals surface area (Å²) in [5, 5.41) is 20.7. The third-order valence-electron chi connectivity index (χ3n) is 11.0. The van der Waals surface area contributed by atoms with Crippen LogP contribution in [-0.2, 0) is 54.9 Å². The first-order chi connectivity index (χ1) is 31.0. The Morgan fingerprint density at radius 2 is 0.954 bits per heavy atom. The first kappa shape index (κ1) is 49.5. The third kappa shape index (κ3) is 16.2. The van der Waals surface area contributed by atoms with Crippen molar-refractivity contribution < 1.29 is 37.5 Å². The number of carbonyl (C=O) groups is 5. The van der Waals surface area contributed by atoms with Gasteiger partial charge in [0.15, 0.2) is 5.78 Å². The van der Waals surface area contributed by atoms with Crippen molar-refractivity contribution in [3.05, 3.63) is 179 Å². The highest BCUT2D eigenvalue weighted by Gasteiger charge is 2.34. The maximum atomic E-state index is 14.4. The summed E-state index contributed by atoms with van der Waals surface area (Å²) < 4.78 is 27.7. The molecule has 0 aliphatic heterocycles. The lowest BCUT2D eigenvalue weighted by Crippen LogP contribution is -2.56. The molecule has 1 unspecified atom stereocenters. The number of ketones is 1. The largest absolute Gasteiger partial charge is 0.391 e. The molecule has 0 aliphatic carbocycles. The zero-order valence-corrected chi connectivity index (χ0v) is 37.7. The van der Waals surface area contributed by atoms with Crippen molar-refractivity contribution in [3.8, 4) is 0 Å². The highest BCUT2D eigenvalue weighted by molar-refractivity contribution is 7.88. The van der Waals surface area contributed by atoms with Crippen LogP contribution in [0, 0.1) is 11.8 Å². The van der Waals surface area contributed by atoms with Crippen LogP contribution in [0.3, 0.4) is 0 Å². The smallest absolute Gasteiger partial charge is 0.243 e. The molecule has 6 atom stereocenters. The van der Waals surface area contributed by atoms with Gasteiger partial charge in [0.05, 0.1) is 18.4 Å². The number of hydrogen-bond acceptors (Lipinski definition) is 8. The van der Waals surface area contributed by atoms with Gasteiger partial charge in [0.2, 0.25) is 33.7 Å². The second-order valence-electron chi connectivity index (χ2n) is 16.9. The predicted molar refractivity (Wildman–Crippen MR) is 251 cm³/mol. The van der Waals surface area contributed by atoms with Gasteiger partial charge in [0, 0.05) is 23.5 Å². The Balaban J connectivity index is 1.38. The lowest BCUT2D eigenvalue weighted by Gasteiger charge is -2.30. The number of rotatable bonds is 24. The Hall–Kier alpha value is -6.48. The number of aliphatic hydroxyl groups is 1. The summed E-state index contributed by atoms with van der Waals surface area (Å²) in [5.74, 6) is -3.69. The summed E-state index contributed by atoms with van der Waals surface area (Å²) in [5.41, 5.74) is 9.58. The molecule has 342 valence electrons. The summed E-state index contributed by atoms with van der Waals surface area (Å²) >= 11 is 0. The molecular formula is C51H59N5O8S. The van der Waals surface area contributed by atoms with E-state index >= 15 is 0 Å². The Morgan fingerprint density at radius 3 is 1.46 bits per heavy atom. The molecule has 0 fully saturated rings. The van der Waals surface area contributed by atoms with E-state index in [0.29, 0.717) is 16.7 Å². The second kappa shape index (κ2) is 24.0. The summed E-state index contributed by atoms with van der Waals surface area (Å²) in [6, 6.07) is 38.3. The molecule has 0 bridgehead atoms. The molecule has 7 N–H and O–H groups in total. The van der Waals surface area contributed by atoms with Gasteiger partial charge in [0.25, 0.3) is 0 Å². The minimum atomic E-state index is -3.92. The molecule has 5 rings (SSSR count). The second-order valence-corrected chi connectivity index (χ2v) is 18.7. The number of benzene rings is 5. The van der Waals surface area contributed by atoms with E-state index in [1.54, 1.807) is 48.5 Å². The zero-order chi connectivity index (χ0) is 46.9. The van der Waals surface area contributed by atoms with Crippen LogP contribution in [0.4, 0.5) is 0 Å². The van der Waals surface area contributed by atoms with E-state index in [0.717, 1.165) is 22.9 Å². The first-order valence-electron chi connectivity index (χ1n) is 21.7. The molecule has 13 nitrogen and oxygen atoms in total. The standard InChI is InChI=1S/C51H59N5O8S/c1-34(2)28-44(50(61)54-43(48(52)59)31-37-20-12-6-13-21-37)55-49(60)41(29-35-16-8-4-9-17-35)33-46(57)42(30-36-18-10-5-11-19-36)53-51(62)45(56-65(3,63)64)32-38-24-26-40(27-25-38)47(58)39-22-14-7-15-23-39/h4-27,34,41-46,56-57H,28-33H2,1-3H3,(H2,52,59)(H,53,62)(H,54,61)(H,55,60)/t41-,42+,43?,44+,45+,46-/m1/s1. The van der Waals surface area contributed by atoms with Crippen molar-refractivity contribution in [1.29, 1.82) is 0 Å². The molecule has 0 aromatic heterocycles. The zero-order valence-electron chi connectivity index (χ0n) is 36.9. The number of hydrogen-bond donors (Lipinski definition) is 6. The molecule has 0 radical (unpaired) electrons. The maximum absolute atomic E-state index is 14.4. The normalized spacial score (nSPS) is 14.2. The third-order valence-corrected chi connectivity index (χ3v) is 11.7. The highest BCUT2D eigenvalue weighted by Crippen LogP contribution is 2.21. The molecule has 65 heavy (non-hydrogen) atoms. The van der Waals surface area contributed by atoms with Crippen LogP contribution in [0.5, 0.6) is 0 Å². The fourth-order valence-corrected chi connectivity index (χ4v) is 8.35. The molecular weight excluding hydrogens is 843 g/mol. The van der Waals surface area contributed by atoms with Gasteiger partial charge in [0.1, 0.15) is 18.1 Å². The molecule has 0 saturated heterocycles. The molecule has 4 amide bonds. The topological polar surface area (TPSA) is 214 Å². The number of amides is 4. The van der Waals surface area contributed by atoms with Crippen molar-refractivity contribution in [2.45, 2.75) is 82.6 Å². The van der Waals surface area contributed by atoms with E-state index in [4.69, 9.17) is 5.73 Å². The lowest BCUT2D eigenvalue weighted by molar-refractivity contribution is -0.133. The molecule has 0 heterocycles.